The van der Waals surface area contributed by atoms with Gasteiger partial charge in [0.1, 0.15) is 5.37 Å². The van der Waals surface area contributed by atoms with Gasteiger partial charge in [0.2, 0.25) is 0 Å². The number of hydrogen-bond acceptors (Lipinski definition) is 2. The minimum absolute atomic E-state index is 0.127. The zero-order valence-electron chi connectivity index (χ0n) is 10.2. The SMILES string of the molecule is C1=NC(c2cc3ccccc3[nH]2)Sc2ccccc21. The quantitative estimate of drug-likeness (QED) is 0.693. The van der Waals surface area contributed by atoms with E-state index in [0.717, 1.165) is 5.69 Å². The molecule has 2 heterocycles. The highest BCUT2D eigenvalue weighted by Gasteiger charge is 2.18. The predicted octanol–water partition coefficient (Wildman–Crippen LogP) is 4.39. The molecule has 2 aromatic carbocycles. The number of aromatic nitrogens is 1. The van der Waals surface area contributed by atoms with Crippen molar-refractivity contribution >= 4 is 28.9 Å². The highest BCUT2D eigenvalue weighted by atomic mass is 32.2. The van der Waals surface area contributed by atoms with E-state index >= 15 is 0 Å². The number of thioether (sulfide) groups is 1. The van der Waals surface area contributed by atoms with Crippen LogP contribution in [-0.2, 0) is 0 Å². The summed E-state index contributed by atoms with van der Waals surface area (Å²) in [5.74, 6) is 0. The maximum Gasteiger partial charge on any atom is 0.139 e. The van der Waals surface area contributed by atoms with Gasteiger partial charge in [-0.15, -0.1) is 0 Å². The number of nitrogens with one attached hydrogen (secondary N) is 1. The number of hydrogen-bond donors (Lipinski definition) is 1. The third-order valence-corrected chi connectivity index (χ3v) is 4.55. The third-order valence-electron chi connectivity index (χ3n) is 3.32. The van der Waals surface area contributed by atoms with Crippen LogP contribution in [0.15, 0.2) is 64.5 Å². The molecule has 0 bridgehead atoms. The van der Waals surface area contributed by atoms with Crippen molar-refractivity contribution in [3.8, 4) is 0 Å². The number of H-pyrrole nitrogens is 1. The van der Waals surface area contributed by atoms with Gasteiger partial charge in [-0.05, 0) is 23.6 Å². The van der Waals surface area contributed by atoms with Crippen molar-refractivity contribution in [2.24, 2.45) is 4.99 Å². The average Bonchev–Trinajstić information content (AvgIpc) is 2.90. The van der Waals surface area contributed by atoms with E-state index in [1.807, 2.05) is 6.21 Å². The van der Waals surface area contributed by atoms with Crippen molar-refractivity contribution in [1.82, 2.24) is 4.98 Å². The molecule has 92 valence electrons. The van der Waals surface area contributed by atoms with Crippen LogP contribution >= 0.6 is 11.8 Å². The Morgan fingerprint density at radius 2 is 1.84 bits per heavy atom. The van der Waals surface area contributed by atoms with Gasteiger partial charge in [-0.3, -0.25) is 4.99 Å². The van der Waals surface area contributed by atoms with Crippen molar-refractivity contribution in [3.63, 3.8) is 0 Å². The smallest absolute Gasteiger partial charge is 0.139 e. The molecule has 0 fully saturated rings. The number of benzene rings is 2. The van der Waals surface area contributed by atoms with Gasteiger partial charge >= 0.3 is 0 Å². The minimum atomic E-state index is 0.127. The normalized spacial score (nSPS) is 17.6. The molecule has 0 saturated carbocycles. The molecule has 1 aliphatic rings. The second-order valence-corrected chi connectivity index (χ2v) is 5.72. The Labute approximate surface area is 115 Å². The molecule has 1 aliphatic heterocycles. The molecule has 19 heavy (non-hydrogen) atoms. The Balaban J connectivity index is 1.75. The maximum atomic E-state index is 4.64. The molecular formula is C16H12N2S. The maximum absolute atomic E-state index is 4.64. The topological polar surface area (TPSA) is 28.1 Å². The van der Waals surface area contributed by atoms with Crippen molar-refractivity contribution in [3.05, 3.63) is 65.9 Å². The Hall–Kier alpha value is -2.00. The molecule has 3 aromatic rings. The van der Waals surface area contributed by atoms with E-state index in [1.165, 1.54) is 21.4 Å². The lowest BCUT2D eigenvalue weighted by molar-refractivity contribution is 0.982. The van der Waals surface area contributed by atoms with Crippen molar-refractivity contribution < 1.29 is 0 Å². The monoisotopic (exact) mass is 264 g/mol. The first-order valence-corrected chi connectivity index (χ1v) is 7.15. The van der Waals surface area contributed by atoms with E-state index in [1.54, 1.807) is 11.8 Å². The number of rotatable bonds is 1. The standard InChI is InChI=1S/C16H12N2S/c1-3-7-13-11(5-1)9-14(18-13)16-17-10-12-6-2-4-8-15(12)19-16/h1-10,16,18H. The number of aromatic amines is 1. The van der Waals surface area contributed by atoms with Crippen molar-refractivity contribution in [2.75, 3.05) is 0 Å². The largest absolute Gasteiger partial charge is 0.356 e. The zero-order chi connectivity index (χ0) is 12.7. The van der Waals surface area contributed by atoms with Crippen molar-refractivity contribution in [2.45, 2.75) is 10.3 Å². The summed E-state index contributed by atoms with van der Waals surface area (Å²) in [5, 5.41) is 1.37. The molecule has 0 radical (unpaired) electrons. The molecule has 0 saturated heterocycles. The zero-order valence-corrected chi connectivity index (χ0v) is 11.0. The predicted molar refractivity (Wildman–Crippen MR) is 80.9 cm³/mol. The fourth-order valence-electron chi connectivity index (χ4n) is 2.37. The summed E-state index contributed by atoms with van der Waals surface area (Å²) >= 11 is 1.80. The Morgan fingerprint density at radius 3 is 2.79 bits per heavy atom. The van der Waals surface area contributed by atoms with Gasteiger partial charge in [-0.25, -0.2) is 0 Å². The molecule has 3 heteroatoms. The first-order chi connectivity index (χ1) is 9.40. The number of para-hydroxylation sites is 1. The number of nitrogens with zero attached hydrogens (tertiary/aromatic N) is 1. The highest BCUT2D eigenvalue weighted by molar-refractivity contribution is 7.99. The average molecular weight is 264 g/mol. The van der Waals surface area contributed by atoms with Gasteiger partial charge in [0.25, 0.3) is 0 Å². The molecule has 1 unspecified atom stereocenters. The van der Waals surface area contributed by atoms with Crippen LogP contribution in [0.4, 0.5) is 0 Å². The van der Waals surface area contributed by atoms with Crippen LogP contribution in [0.5, 0.6) is 0 Å². The summed E-state index contributed by atoms with van der Waals surface area (Å²) in [6.07, 6.45) is 1.97. The van der Waals surface area contributed by atoms with Gasteiger partial charge in [-0.1, -0.05) is 48.2 Å². The Kier molecular flexibility index (Phi) is 2.45. The van der Waals surface area contributed by atoms with E-state index in [9.17, 15) is 0 Å². The first-order valence-electron chi connectivity index (χ1n) is 6.27. The summed E-state index contributed by atoms with van der Waals surface area (Å²) in [6.45, 7) is 0. The molecule has 1 atom stereocenters. The van der Waals surface area contributed by atoms with E-state index < -0.39 is 0 Å². The van der Waals surface area contributed by atoms with Crippen LogP contribution in [0.3, 0.4) is 0 Å². The van der Waals surface area contributed by atoms with Crippen molar-refractivity contribution in [1.29, 1.82) is 0 Å². The summed E-state index contributed by atoms with van der Waals surface area (Å²) in [7, 11) is 0. The molecule has 0 aliphatic carbocycles. The van der Waals surface area contributed by atoms with E-state index in [0.29, 0.717) is 0 Å². The fourth-order valence-corrected chi connectivity index (χ4v) is 3.40. The first kappa shape index (κ1) is 10.9. The minimum Gasteiger partial charge on any atom is -0.356 e. The second kappa shape index (κ2) is 4.28. The molecular weight excluding hydrogens is 252 g/mol. The van der Waals surface area contributed by atoms with E-state index in [-0.39, 0.29) is 5.37 Å². The lowest BCUT2D eigenvalue weighted by Gasteiger charge is -2.16. The molecule has 1 N–H and O–H groups in total. The van der Waals surface area contributed by atoms with Gasteiger partial charge in [0, 0.05) is 22.2 Å². The lowest BCUT2D eigenvalue weighted by Crippen LogP contribution is -1.99. The van der Waals surface area contributed by atoms with Gasteiger partial charge in [-0.2, -0.15) is 0 Å². The lowest BCUT2D eigenvalue weighted by atomic mass is 10.2. The highest BCUT2D eigenvalue weighted by Crippen LogP contribution is 2.40. The summed E-state index contributed by atoms with van der Waals surface area (Å²) in [4.78, 5) is 9.40. The molecule has 2 nitrogen and oxygen atoms in total. The van der Waals surface area contributed by atoms with Crippen LogP contribution in [0.1, 0.15) is 16.6 Å². The second-order valence-electron chi connectivity index (χ2n) is 4.60. The number of fused-ring (bicyclic) bond motifs is 2. The summed E-state index contributed by atoms with van der Waals surface area (Å²) in [6, 6.07) is 18.9. The Morgan fingerprint density at radius 1 is 1.00 bits per heavy atom. The molecule has 1 aromatic heterocycles. The fraction of sp³-hybridized carbons (Fsp3) is 0.0625. The van der Waals surface area contributed by atoms with E-state index in [2.05, 4.69) is 64.6 Å². The van der Waals surface area contributed by atoms with Crippen LogP contribution in [0.25, 0.3) is 10.9 Å². The van der Waals surface area contributed by atoms with Gasteiger partial charge < -0.3 is 4.98 Å². The molecule has 0 spiro atoms. The summed E-state index contributed by atoms with van der Waals surface area (Å²) < 4.78 is 0. The van der Waals surface area contributed by atoms with Gasteiger partial charge in [0.15, 0.2) is 0 Å². The van der Waals surface area contributed by atoms with Crippen LogP contribution in [-0.4, -0.2) is 11.2 Å². The van der Waals surface area contributed by atoms with E-state index in [4.69, 9.17) is 0 Å². The van der Waals surface area contributed by atoms with Gasteiger partial charge in [0.05, 0.1) is 5.69 Å². The number of aliphatic imine (C=N–C) groups is 1. The Bertz CT molecular complexity index is 740. The van der Waals surface area contributed by atoms with Crippen LogP contribution in [0.2, 0.25) is 0 Å². The summed E-state index contributed by atoms with van der Waals surface area (Å²) in [5.41, 5.74) is 3.55. The molecule has 4 rings (SSSR count). The third kappa shape index (κ3) is 1.87. The van der Waals surface area contributed by atoms with Crippen LogP contribution in [0, 0.1) is 0 Å². The molecule has 0 amide bonds. The van der Waals surface area contributed by atoms with Crippen LogP contribution < -0.4 is 0 Å².